The fourth-order valence-corrected chi connectivity index (χ4v) is 2.31. The van der Waals surface area contributed by atoms with Crippen LogP contribution < -0.4 is 15.8 Å². The smallest absolute Gasteiger partial charge is 0.231 e. The van der Waals surface area contributed by atoms with E-state index in [1.807, 2.05) is 38.1 Å². The van der Waals surface area contributed by atoms with E-state index in [4.69, 9.17) is 10.5 Å². The molecule has 19 heavy (non-hydrogen) atoms. The van der Waals surface area contributed by atoms with E-state index in [1.165, 1.54) is 0 Å². The lowest BCUT2D eigenvalue weighted by Gasteiger charge is -2.39. The van der Waals surface area contributed by atoms with E-state index >= 15 is 0 Å². The minimum Gasteiger partial charge on any atom is -0.489 e. The van der Waals surface area contributed by atoms with E-state index in [-0.39, 0.29) is 17.4 Å². The Labute approximate surface area is 114 Å². The van der Waals surface area contributed by atoms with Crippen LogP contribution in [0.3, 0.4) is 0 Å². The zero-order chi connectivity index (χ0) is 13.9. The van der Waals surface area contributed by atoms with Gasteiger partial charge >= 0.3 is 0 Å². The molecular formula is C15H22N2O2. The molecule has 0 heterocycles. The molecule has 4 nitrogen and oxygen atoms in total. The molecule has 1 aromatic carbocycles. The third kappa shape index (κ3) is 2.89. The van der Waals surface area contributed by atoms with Gasteiger partial charge in [-0.15, -0.1) is 0 Å². The predicted molar refractivity (Wildman–Crippen MR) is 76.2 cm³/mol. The highest BCUT2D eigenvalue weighted by molar-refractivity contribution is 5.97. The first-order chi connectivity index (χ1) is 9.07. The van der Waals surface area contributed by atoms with Crippen LogP contribution in [0.2, 0.25) is 0 Å². The second-order valence-corrected chi connectivity index (χ2v) is 5.45. The molecule has 0 radical (unpaired) electrons. The fraction of sp³-hybridized carbons (Fsp3) is 0.533. The molecule has 0 aliphatic heterocycles. The molecule has 4 heteroatoms. The molecule has 3 N–H and O–H groups in total. The van der Waals surface area contributed by atoms with Crippen LogP contribution >= 0.6 is 0 Å². The van der Waals surface area contributed by atoms with Gasteiger partial charge in [0.2, 0.25) is 5.91 Å². The number of carbonyl (C=O) groups is 1. The zero-order valence-electron chi connectivity index (χ0n) is 11.6. The Morgan fingerprint density at radius 1 is 1.42 bits per heavy atom. The topological polar surface area (TPSA) is 64.3 Å². The summed E-state index contributed by atoms with van der Waals surface area (Å²) in [5.74, 6) is 0.721. The third-order valence-corrected chi connectivity index (χ3v) is 3.68. The van der Waals surface area contributed by atoms with Gasteiger partial charge < -0.3 is 15.8 Å². The Bertz CT molecular complexity index is 448. The molecule has 0 spiro atoms. The second kappa shape index (κ2) is 5.61. The minimum absolute atomic E-state index is 0.0149. The van der Waals surface area contributed by atoms with Crippen LogP contribution in [0, 0.1) is 5.41 Å². The lowest BCUT2D eigenvalue weighted by Crippen LogP contribution is -2.47. The maximum atomic E-state index is 12.3. The Hall–Kier alpha value is -1.55. The van der Waals surface area contributed by atoms with Crippen LogP contribution in [0.15, 0.2) is 24.3 Å². The van der Waals surface area contributed by atoms with Crippen molar-refractivity contribution in [3.8, 4) is 5.75 Å². The highest BCUT2D eigenvalue weighted by Gasteiger charge is 2.42. The van der Waals surface area contributed by atoms with E-state index in [0.29, 0.717) is 12.3 Å². The van der Waals surface area contributed by atoms with Crippen molar-refractivity contribution >= 4 is 11.6 Å². The summed E-state index contributed by atoms with van der Waals surface area (Å²) in [4.78, 5) is 12.3. The summed E-state index contributed by atoms with van der Waals surface area (Å²) in [5, 5.41) is 2.97. The summed E-state index contributed by atoms with van der Waals surface area (Å²) >= 11 is 0. The standard InChI is InChI=1S/C15H22N2O2/c1-11(2)19-13-7-4-3-6-12(13)17-14(18)15(10-16)8-5-9-15/h3-4,6-7,11H,5,8-10,16H2,1-2H3,(H,17,18). The first-order valence-corrected chi connectivity index (χ1v) is 6.84. The van der Waals surface area contributed by atoms with Crippen molar-refractivity contribution in [2.24, 2.45) is 11.1 Å². The molecule has 0 bridgehead atoms. The molecule has 2 rings (SSSR count). The molecule has 0 atom stereocenters. The molecule has 104 valence electrons. The van der Waals surface area contributed by atoms with Crippen LogP contribution in [0.4, 0.5) is 5.69 Å². The maximum absolute atomic E-state index is 12.3. The number of para-hydroxylation sites is 2. The van der Waals surface area contributed by atoms with Gasteiger partial charge in [0.15, 0.2) is 0 Å². The van der Waals surface area contributed by atoms with Gasteiger partial charge in [0, 0.05) is 6.54 Å². The quantitative estimate of drug-likeness (QED) is 0.857. The highest BCUT2D eigenvalue weighted by atomic mass is 16.5. The van der Waals surface area contributed by atoms with Crippen LogP contribution in [0.25, 0.3) is 0 Å². The lowest BCUT2D eigenvalue weighted by atomic mass is 9.68. The Kier molecular flexibility index (Phi) is 4.10. The molecule has 1 fully saturated rings. The van der Waals surface area contributed by atoms with Gasteiger partial charge in [-0.2, -0.15) is 0 Å². The van der Waals surface area contributed by atoms with E-state index in [0.717, 1.165) is 24.9 Å². The van der Waals surface area contributed by atoms with E-state index < -0.39 is 0 Å². The van der Waals surface area contributed by atoms with Gasteiger partial charge in [-0.05, 0) is 38.8 Å². The molecule has 1 amide bonds. The number of rotatable bonds is 5. The number of carbonyl (C=O) groups excluding carboxylic acids is 1. The molecule has 0 unspecified atom stereocenters. The summed E-state index contributed by atoms with van der Waals surface area (Å²) in [6, 6.07) is 7.51. The number of hydrogen-bond donors (Lipinski definition) is 2. The average Bonchev–Trinajstić information content (AvgIpc) is 2.30. The van der Waals surface area contributed by atoms with E-state index in [1.54, 1.807) is 0 Å². The van der Waals surface area contributed by atoms with Crippen LogP contribution in [0.5, 0.6) is 5.75 Å². The number of ether oxygens (including phenoxy) is 1. The lowest BCUT2D eigenvalue weighted by molar-refractivity contribution is -0.129. The van der Waals surface area contributed by atoms with E-state index in [9.17, 15) is 4.79 Å². The summed E-state index contributed by atoms with van der Waals surface area (Å²) < 4.78 is 5.70. The number of nitrogens with one attached hydrogen (secondary N) is 1. The molecule has 1 aliphatic rings. The van der Waals surface area contributed by atoms with Crippen molar-refractivity contribution in [1.29, 1.82) is 0 Å². The monoisotopic (exact) mass is 262 g/mol. The maximum Gasteiger partial charge on any atom is 0.231 e. The third-order valence-electron chi connectivity index (χ3n) is 3.68. The van der Waals surface area contributed by atoms with Crippen molar-refractivity contribution in [3.63, 3.8) is 0 Å². The van der Waals surface area contributed by atoms with Crippen LogP contribution in [-0.2, 0) is 4.79 Å². The second-order valence-electron chi connectivity index (χ2n) is 5.45. The molecular weight excluding hydrogens is 240 g/mol. The highest BCUT2D eigenvalue weighted by Crippen LogP contribution is 2.41. The fourth-order valence-electron chi connectivity index (χ4n) is 2.31. The van der Waals surface area contributed by atoms with Gasteiger partial charge in [0.05, 0.1) is 17.2 Å². The van der Waals surface area contributed by atoms with Gasteiger partial charge in [-0.25, -0.2) is 0 Å². The van der Waals surface area contributed by atoms with Crippen LogP contribution in [-0.4, -0.2) is 18.6 Å². The first-order valence-electron chi connectivity index (χ1n) is 6.84. The van der Waals surface area contributed by atoms with Gasteiger partial charge in [0.25, 0.3) is 0 Å². The average molecular weight is 262 g/mol. The number of amides is 1. The number of anilines is 1. The summed E-state index contributed by atoms with van der Waals surface area (Å²) in [5.41, 5.74) is 6.10. The number of nitrogens with two attached hydrogens (primary N) is 1. The van der Waals surface area contributed by atoms with Crippen LogP contribution in [0.1, 0.15) is 33.1 Å². The van der Waals surface area contributed by atoms with Crippen molar-refractivity contribution < 1.29 is 9.53 Å². The molecule has 1 aromatic rings. The van der Waals surface area contributed by atoms with E-state index in [2.05, 4.69) is 5.32 Å². The summed E-state index contributed by atoms with van der Waals surface area (Å²) in [6.07, 6.45) is 2.91. The minimum atomic E-state index is -0.370. The van der Waals surface area contributed by atoms with Crippen molar-refractivity contribution in [2.75, 3.05) is 11.9 Å². The molecule has 0 saturated heterocycles. The normalized spacial score (nSPS) is 16.8. The van der Waals surface area contributed by atoms with Crippen molar-refractivity contribution in [2.45, 2.75) is 39.2 Å². The largest absolute Gasteiger partial charge is 0.489 e. The molecule has 0 aromatic heterocycles. The first kappa shape index (κ1) is 13.9. The Morgan fingerprint density at radius 2 is 2.11 bits per heavy atom. The number of benzene rings is 1. The summed E-state index contributed by atoms with van der Waals surface area (Å²) in [7, 11) is 0. The van der Waals surface area contributed by atoms with Gasteiger partial charge in [-0.3, -0.25) is 4.79 Å². The molecule has 1 saturated carbocycles. The Morgan fingerprint density at radius 3 is 2.63 bits per heavy atom. The molecule has 1 aliphatic carbocycles. The van der Waals surface area contributed by atoms with Gasteiger partial charge in [0.1, 0.15) is 5.75 Å². The zero-order valence-corrected chi connectivity index (χ0v) is 11.6. The predicted octanol–water partition coefficient (Wildman–Crippen LogP) is 2.54. The van der Waals surface area contributed by atoms with Gasteiger partial charge in [-0.1, -0.05) is 18.6 Å². The Balaban J connectivity index is 2.12. The number of hydrogen-bond acceptors (Lipinski definition) is 3. The van der Waals surface area contributed by atoms with Crippen molar-refractivity contribution in [1.82, 2.24) is 0 Å². The summed E-state index contributed by atoms with van der Waals surface area (Å²) in [6.45, 7) is 4.34. The van der Waals surface area contributed by atoms with Crippen molar-refractivity contribution in [3.05, 3.63) is 24.3 Å². The SMILES string of the molecule is CC(C)Oc1ccccc1NC(=O)C1(CN)CCC1.